The van der Waals surface area contributed by atoms with E-state index in [1.54, 1.807) is 13.8 Å². The van der Waals surface area contributed by atoms with Gasteiger partial charge in [0.1, 0.15) is 18.1 Å². The van der Waals surface area contributed by atoms with E-state index >= 15 is 0 Å². The summed E-state index contributed by atoms with van der Waals surface area (Å²) in [6.45, 7) is 3.36. The van der Waals surface area contributed by atoms with Gasteiger partial charge in [0.2, 0.25) is 35.4 Å². The second kappa shape index (κ2) is 15.2. The van der Waals surface area contributed by atoms with Gasteiger partial charge in [-0.1, -0.05) is 20.3 Å². The van der Waals surface area contributed by atoms with Crippen LogP contribution in [-0.4, -0.2) is 70.7 Å². The number of carbonyl (C=O) groups excluding carboxylic acids is 6. The molecule has 35 heavy (non-hydrogen) atoms. The number of hydrogen-bond donors (Lipinski definition) is 8. The lowest BCUT2D eigenvalue weighted by atomic mass is 9.96. The lowest BCUT2D eigenvalue weighted by molar-refractivity contribution is -0.143. The first-order valence-electron chi connectivity index (χ1n) is 10.9. The predicted octanol–water partition coefficient (Wildman–Crippen LogP) is -3.69. The molecular weight excluding hydrogens is 466 g/mol. The summed E-state index contributed by atoms with van der Waals surface area (Å²) >= 11 is 0. The van der Waals surface area contributed by atoms with Crippen LogP contribution in [0, 0.1) is 5.92 Å². The van der Waals surface area contributed by atoms with Gasteiger partial charge in [-0.3, -0.25) is 28.8 Å². The maximum Gasteiger partial charge on any atom is 0.326 e. The van der Waals surface area contributed by atoms with Crippen molar-refractivity contribution in [2.75, 3.05) is 0 Å². The van der Waals surface area contributed by atoms with Crippen molar-refractivity contribution in [3.05, 3.63) is 0 Å². The molecule has 15 nitrogen and oxygen atoms in total. The molecule has 0 aromatic carbocycles. The van der Waals surface area contributed by atoms with Crippen LogP contribution in [0.3, 0.4) is 0 Å². The van der Waals surface area contributed by atoms with Gasteiger partial charge in [0, 0.05) is 12.8 Å². The monoisotopic (exact) mass is 501 g/mol. The molecule has 0 aliphatic carbocycles. The molecule has 5 unspecified atom stereocenters. The molecule has 0 spiro atoms. The smallest absolute Gasteiger partial charge is 0.326 e. The van der Waals surface area contributed by atoms with E-state index in [0.29, 0.717) is 6.42 Å². The molecule has 0 fully saturated rings. The molecular formula is C20H35N7O8. The highest BCUT2D eigenvalue weighted by atomic mass is 16.4. The summed E-state index contributed by atoms with van der Waals surface area (Å²) in [7, 11) is 0. The number of amides is 6. The van der Waals surface area contributed by atoms with Crippen LogP contribution in [0.5, 0.6) is 0 Å². The van der Waals surface area contributed by atoms with Gasteiger partial charge in [-0.25, -0.2) is 4.79 Å². The highest BCUT2D eigenvalue weighted by molar-refractivity contribution is 5.95. The summed E-state index contributed by atoms with van der Waals surface area (Å²) in [5.41, 5.74) is 20.8. The molecule has 0 bridgehead atoms. The summed E-state index contributed by atoms with van der Waals surface area (Å²) in [4.78, 5) is 82.7. The Morgan fingerprint density at radius 3 is 1.66 bits per heavy atom. The Morgan fingerprint density at radius 1 is 0.743 bits per heavy atom. The minimum atomic E-state index is -1.43. The summed E-state index contributed by atoms with van der Waals surface area (Å²) < 4.78 is 0. The van der Waals surface area contributed by atoms with Crippen molar-refractivity contribution in [1.29, 1.82) is 0 Å². The molecule has 6 amide bonds. The molecule has 0 radical (unpaired) electrons. The number of primary amides is 3. The first kappa shape index (κ1) is 31.2. The molecule has 5 atom stereocenters. The third kappa shape index (κ3) is 12.3. The molecule has 0 aliphatic heterocycles. The van der Waals surface area contributed by atoms with Crippen LogP contribution in [0.25, 0.3) is 0 Å². The second-order valence-electron chi connectivity index (χ2n) is 8.12. The molecule has 0 saturated carbocycles. The fraction of sp³-hybridized carbons (Fsp3) is 0.650. The minimum Gasteiger partial charge on any atom is -0.480 e. The number of carboxylic acids is 1. The first-order valence-corrected chi connectivity index (χ1v) is 10.9. The number of nitrogens with two attached hydrogens (primary N) is 4. The van der Waals surface area contributed by atoms with E-state index in [1.807, 2.05) is 0 Å². The van der Waals surface area contributed by atoms with Crippen LogP contribution in [0.1, 0.15) is 52.4 Å². The highest BCUT2D eigenvalue weighted by Crippen LogP contribution is 2.11. The number of rotatable bonds is 17. The van der Waals surface area contributed by atoms with E-state index in [2.05, 4.69) is 16.0 Å². The zero-order chi connectivity index (χ0) is 27.3. The topological polar surface area (TPSA) is 280 Å². The SMILES string of the molecule is CCC(C)C(NC(=O)C(CCC(N)=O)NC(=O)C(N)CC(N)=O)C(=O)NC(CCC(N)=O)C(=O)O. The Morgan fingerprint density at radius 2 is 1.23 bits per heavy atom. The molecule has 0 heterocycles. The Bertz CT molecular complexity index is 819. The number of carbonyl (C=O) groups is 7. The van der Waals surface area contributed by atoms with Gasteiger partial charge >= 0.3 is 5.97 Å². The van der Waals surface area contributed by atoms with Crippen LogP contribution in [0.2, 0.25) is 0 Å². The van der Waals surface area contributed by atoms with Crippen molar-refractivity contribution in [2.45, 2.75) is 76.5 Å². The molecule has 12 N–H and O–H groups in total. The quantitative estimate of drug-likeness (QED) is 0.0971. The lowest BCUT2D eigenvalue weighted by Crippen LogP contribution is -2.59. The van der Waals surface area contributed by atoms with E-state index in [9.17, 15) is 38.7 Å². The average molecular weight is 502 g/mol. The molecule has 198 valence electrons. The largest absolute Gasteiger partial charge is 0.480 e. The van der Waals surface area contributed by atoms with Crippen molar-refractivity contribution in [2.24, 2.45) is 28.9 Å². The van der Waals surface area contributed by atoms with E-state index in [4.69, 9.17) is 22.9 Å². The lowest BCUT2D eigenvalue weighted by Gasteiger charge is -2.28. The summed E-state index contributed by atoms with van der Waals surface area (Å²) in [5, 5.41) is 16.3. The number of aliphatic carboxylic acids is 1. The Balaban J connectivity index is 5.63. The van der Waals surface area contributed by atoms with Crippen molar-refractivity contribution < 1.29 is 38.7 Å². The van der Waals surface area contributed by atoms with E-state index < -0.39 is 77.9 Å². The highest BCUT2D eigenvalue weighted by Gasteiger charge is 2.33. The Hall–Kier alpha value is -3.75. The molecule has 0 aromatic heterocycles. The van der Waals surface area contributed by atoms with Gasteiger partial charge in [-0.2, -0.15) is 0 Å². The average Bonchev–Trinajstić information content (AvgIpc) is 2.75. The number of nitrogens with one attached hydrogen (secondary N) is 3. The van der Waals surface area contributed by atoms with Crippen molar-refractivity contribution in [3.8, 4) is 0 Å². The molecule has 0 rings (SSSR count). The zero-order valence-corrected chi connectivity index (χ0v) is 19.7. The third-order valence-corrected chi connectivity index (χ3v) is 5.16. The van der Waals surface area contributed by atoms with Crippen LogP contribution in [0.4, 0.5) is 0 Å². The third-order valence-electron chi connectivity index (χ3n) is 5.16. The van der Waals surface area contributed by atoms with Gasteiger partial charge in [-0.05, 0) is 18.8 Å². The summed E-state index contributed by atoms with van der Waals surface area (Å²) in [5.74, 6) is -6.82. The van der Waals surface area contributed by atoms with Crippen LogP contribution < -0.4 is 38.9 Å². The van der Waals surface area contributed by atoms with E-state index in [-0.39, 0.29) is 25.7 Å². The van der Waals surface area contributed by atoms with Gasteiger partial charge in [0.05, 0.1) is 12.5 Å². The fourth-order valence-electron chi connectivity index (χ4n) is 2.90. The summed E-state index contributed by atoms with van der Waals surface area (Å²) in [6, 6.07) is -5.36. The van der Waals surface area contributed by atoms with Crippen LogP contribution >= 0.6 is 0 Å². The van der Waals surface area contributed by atoms with Crippen LogP contribution in [-0.2, 0) is 33.6 Å². The number of hydrogen-bond acceptors (Lipinski definition) is 8. The first-order chi connectivity index (χ1) is 16.2. The molecule has 15 heteroatoms. The van der Waals surface area contributed by atoms with Gasteiger partial charge < -0.3 is 44.0 Å². The molecule has 0 aromatic rings. The van der Waals surface area contributed by atoms with Crippen LogP contribution in [0.15, 0.2) is 0 Å². The van der Waals surface area contributed by atoms with Crippen molar-refractivity contribution in [1.82, 2.24) is 16.0 Å². The molecule has 0 saturated heterocycles. The van der Waals surface area contributed by atoms with Gasteiger partial charge in [0.15, 0.2) is 0 Å². The van der Waals surface area contributed by atoms with Gasteiger partial charge in [0.25, 0.3) is 0 Å². The minimum absolute atomic E-state index is 0.235. The van der Waals surface area contributed by atoms with E-state index in [1.165, 1.54) is 0 Å². The number of carboxylic acid groups (broad SMARTS) is 1. The standard InChI is InChI=1S/C20H35N7O8/c1-3-9(2)16(19(33)26-12(20(34)35)5-7-14(23)29)27-18(32)11(4-6-13(22)28)25-17(31)10(21)8-15(24)30/h9-12,16H,3-8,21H2,1-2H3,(H2,22,28)(H2,23,29)(H2,24,30)(H,25,31)(H,26,33)(H,27,32)(H,34,35). The zero-order valence-electron chi connectivity index (χ0n) is 19.7. The maximum absolute atomic E-state index is 12.9. The fourth-order valence-corrected chi connectivity index (χ4v) is 2.90. The van der Waals surface area contributed by atoms with Crippen molar-refractivity contribution >= 4 is 41.4 Å². The predicted molar refractivity (Wildman–Crippen MR) is 122 cm³/mol. The normalized spacial score (nSPS) is 14.9. The maximum atomic E-state index is 12.9. The Kier molecular flexibility index (Phi) is 13.6. The van der Waals surface area contributed by atoms with Crippen molar-refractivity contribution in [3.63, 3.8) is 0 Å². The second-order valence-corrected chi connectivity index (χ2v) is 8.12. The van der Waals surface area contributed by atoms with E-state index in [0.717, 1.165) is 0 Å². The molecule has 0 aliphatic rings. The Labute approximate surface area is 202 Å². The van der Waals surface area contributed by atoms with Gasteiger partial charge in [-0.15, -0.1) is 0 Å². The summed E-state index contributed by atoms with van der Waals surface area (Å²) in [6.07, 6.45) is -1.16.